The zero-order valence-electron chi connectivity index (χ0n) is 15.9. The highest BCUT2D eigenvalue weighted by Gasteiger charge is 2.21. The molecule has 4 rings (SSSR count). The fourth-order valence-electron chi connectivity index (χ4n) is 3.40. The number of methoxy groups -OCH3 is 1. The van der Waals surface area contributed by atoms with Gasteiger partial charge in [-0.1, -0.05) is 53.5 Å². The van der Waals surface area contributed by atoms with Crippen molar-refractivity contribution in [2.75, 3.05) is 33.4 Å². The van der Waals surface area contributed by atoms with Crippen LogP contribution in [0.25, 0.3) is 21.9 Å². The second kappa shape index (κ2) is 9.68. The number of nitrogens with zero attached hydrogens (tertiary/aromatic N) is 1. The molecule has 0 amide bonds. The van der Waals surface area contributed by atoms with Gasteiger partial charge in [-0.05, 0) is 34.5 Å². The third-order valence-corrected chi connectivity index (χ3v) is 5.41. The van der Waals surface area contributed by atoms with Crippen molar-refractivity contribution in [1.82, 2.24) is 5.32 Å². The molecule has 29 heavy (non-hydrogen) atoms. The van der Waals surface area contributed by atoms with E-state index in [1.54, 1.807) is 7.11 Å². The lowest BCUT2D eigenvalue weighted by molar-refractivity contribution is 0.146. The number of rotatable bonds is 6. The number of fused-ring (bicyclic) bond motifs is 1. The summed E-state index contributed by atoms with van der Waals surface area (Å²) in [5.41, 5.74) is 2.85. The van der Waals surface area contributed by atoms with Gasteiger partial charge in [0.15, 0.2) is 0 Å². The monoisotopic (exact) mass is 450 g/mol. The molecule has 0 spiro atoms. The molecule has 0 saturated heterocycles. The Morgan fingerprint density at radius 3 is 2.59 bits per heavy atom. The van der Waals surface area contributed by atoms with Crippen LogP contribution in [0, 0.1) is 0 Å². The van der Waals surface area contributed by atoms with E-state index in [0.29, 0.717) is 23.3 Å². The second-order valence-corrected chi connectivity index (χ2v) is 7.29. The third-order valence-electron chi connectivity index (χ3n) is 4.67. The van der Waals surface area contributed by atoms with Crippen LogP contribution < -0.4 is 10.1 Å². The minimum absolute atomic E-state index is 0. The first-order valence-electron chi connectivity index (χ1n) is 9.10. The Bertz CT molecular complexity index is 1050. The lowest BCUT2D eigenvalue weighted by Crippen LogP contribution is -2.21. The number of nitrogens with one attached hydrogen (secondary N) is 1. The van der Waals surface area contributed by atoms with E-state index >= 15 is 0 Å². The van der Waals surface area contributed by atoms with E-state index in [4.69, 9.17) is 32.7 Å². The molecule has 0 saturated carbocycles. The Morgan fingerprint density at radius 1 is 1.03 bits per heavy atom. The number of aliphatic imine (C=N–C) groups is 1. The van der Waals surface area contributed by atoms with Crippen molar-refractivity contribution >= 4 is 52.2 Å². The van der Waals surface area contributed by atoms with E-state index in [-0.39, 0.29) is 12.4 Å². The highest BCUT2D eigenvalue weighted by molar-refractivity contribution is 6.42. The molecule has 7 heteroatoms. The maximum Gasteiger partial charge on any atom is 0.138 e. The maximum atomic E-state index is 6.33. The van der Waals surface area contributed by atoms with Crippen LogP contribution in [0.1, 0.15) is 5.56 Å². The fraction of sp³-hybridized carbons (Fsp3) is 0.227. The topological polar surface area (TPSA) is 42.9 Å². The minimum Gasteiger partial charge on any atom is -0.490 e. The zero-order chi connectivity index (χ0) is 19.5. The molecule has 152 valence electrons. The first-order chi connectivity index (χ1) is 13.7. The van der Waals surface area contributed by atoms with Crippen molar-refractivity contribution in [2.24, 2.45) is 4.99 Å². The molecule has 0 unspecified atom stereocenters. The van der Waals surface area contributed by atoms with Crippen molar-refractivity contribution in [3.8, 4) is 16.9 Å². The first-order valence-corrected chi connectivity index (χ1v) is 9.86. The minimum atomic E-state index is 0. The Kier molecular flexibility index (Phi) is 7.25. The van der Waals surface area contributed by atoms with E-state index in [1.165, 1.54) is 0 Å². The lowest BCUT2D eigenvalue weighted by Gasteiger charge is -2.19. The number of ether oxygens (including phenoxy) is 2. The second-order valence-electron chi connectivity index (χ2n) is 6.48. The summed E-state index contributed by atoms with van der Waals surface area (Å²) in [6.45, 7) is 2.50. The molecule has 4 nitrogen and oxygen atoms in total. The zero-order valence-corrected chi connectivity index (χ0v) is 18.2. The summed E-state index contributed by atoms with van der Waals surface area (Å²) in [6.07, 6.45) is 0. The van der Waals surface area contributed by atoms with Gasteiger partial charge in [-0.3, -0.25) is 4.99 Å². The predicted molar refractivity (Wildman–Crippen MR) is 123 cm³/mol. The molecule has 0 atom stereocenters. The smallest absolute Gasteiger partial charge is 0.138 e. The van der Waals surface area contributed by atoms with E-state index in [1.807, 2.05) is 30.3 Å². The average Bonchev–Trinajstić information content (AvgIpc) is 3.24. The highest BCUT2D eigenvalue weighted by atomic mass is 35.5. The Labute approximate surface area is 186 Å². The molecule has 3 aromatic carbocycles. The van der Waals surface area contributed by atoms with Crippen molar-refractivity contribution in [3.05, 3.63) is 64.1 Å². The van der Waals surface area contributed by atoms with Gasteiger partial charge >= 0.3 is 0 Å². The molecule has 0 fully saturated rings. The molecular weight excluding hydrogens is 431 g/mol. The van der Waals surface area contributed by atoms with Crippen LogP contribution in [0.3, 0.4) is 0 Å². The van der Waals surface area contributed by atoms with Gasteiger partial charge in [-0.15, -0.1) is 12.4 Å². The van der Waals surface area contributed by atoms with Gasteiger partial charge in [0, 0.05) is 19.2 Å². The third kappa shape index (κ3) is 4.46. The average molecular weight is 452 g/mol. The molecule has 1 aliphatic heterocycles. The standard InChI is InChI=1S/C22H20Cl2N2O2.ClH/c1-27-10-11-28-21-17(22-25-8-9-26-22)12-14-4-2-3-5-16(14)20(21)15-6-7-18(23)19(24)13-15;/h2-7,12-13H,8-11H2,1H3,(H,25,26);1H. The molecule has 3 aromatic rings. The molecule has 1 heterocycles. The summed E-state index contributed by atoms with van der Waals surface area (Å²) >= 11 is 12.5. The lowest BCUT2D eigenvalue weighted by atomic mass is 9.93. The SMILES string of the molecule is COCCOc1c(C2=NCCN2)cc2ccccc2c1-c1ccc(Cl)c(Cl)c1.Cl. The summed E-state index contributed by atoms with van der Waals surface area (Å²) in [6, 6.07) is 16.0. The molecule has 1 aliphatic rings. The first kappa shape index (κ1) is 21.7. The normalized spacial score (nSPS) is 13.0. The van der Waals surface area contributed by atoms with Gasteiger partial charge in [-0.25, -0.2) is 0 Å². The fourth-order valence-corrected chi connectivity index (χ4v) is 3.70. The summed E-state index contributed by atoms with van der Waals surface area (Å²) < 4.78 is 11.4. The van der Waals surface area contributed by atoms with Crippen LogP contribution in [0.15, 0.2) is 53.5 Å². The van der Waals surface area contributed by atoms with Crippen LogP contribution >= 0.6 is 35.6 Å². The quantitative estimate of drug-likeness (QED) is 0.495. The predicted octanol–water partition coefficient (Wildman–Crippen LogP) is 5.61. The van der Waals surface area contributed by atoms with Crippen molar-refractivity contribution in [2.45, 2.75) is 0 Å². The highest BCUT2D eigenvalue weighted by Crippen LogP contribution is 2.42. The molecule has 0 aliphatic carbocycles. The van der Waals surface area contributed by atoms with Gasteiger partial charge in [0.1, 0.15) is 18.2 Å². The van der Waals surface area contributed by atoms with Crippen molar-refractivity contribution < 1.29 is 9.47 Å². The Balaban J connectivity index is 0.00000240. The summed E-state index contributed by atoms with van der Waals surface area (Å²) in [7, 11) is 1.66. The summed E-state index contributed by atoms with van der Waals surface area (Å²) in [4.78, 5) is 4.62. The number of benzene rings is 3. The van der Waals surface area contributed by atoms with Crippen molar-refractivity contribution in [3.63, 3.8) is 0 Å². The number of amidine groups is 1. The van der Waals surface area contributed by atoms with Gasteiger partial charge in [0.25, 0.3) is 0 Å². The van der Waals surface area contributed by atoms with Crippen molar-refractivity contribution in [1.29, 1.82) is 0 Å². The maximum absolute atomic E-state index is 6.33. The van der Waals surface area contributed by atoms with Gasteiger partial charge in [-0.2, -0.15) is 0 Å². The van der Waals surface area contributed by atoms with Crippen LogP contribution in [-0.2, 0) is 4.74 Å². The summed E-state index contributed by atoms with van der Waals surface area (Å²) in [5, 5.41) is 6.57. The van der Waals surface area contributed by atoms with Crippen LogP contribution in [-0.4, -0.2) is 39.2 Å². The molecule has 1 N–H and O–H groups in total. The van der Waals surface area contributed by atoms with Gasteiger partial charge < -0.3 is 14.8 Å². The van der Waals surface area contributed by atoms with E-state index in [0.717, 1.165) is 52.1 Å². The molecule has 0 bridgehead atoms. The summed E-state index contributed by atoms with van der Waals surface area (Å²) in [5.74, 6) is 1.61. The van der Waals surface area contributed by atoms with Crippen LogP contribution in [0.5, 0.6) is 5.75 Å². The number of halogens is 3. The van der Waals surface area contributed by atoms with Crippen LogP contribution in [0.2, 0.25) is 10.0 Å². The number of hydrogen-bond donors (Lipinski definition) is 1. The molecular formula is C22H21Cl3N2O2. The van der Waals surface area contributed by atoms with E-state index in [9.17, 15) is 0 Å². The van der Waals surface area contributed by atoms with Gasteiger partial charge in [0.05, 0.1) is 28.8 Å². The van der Waals surface area contributed by atoms with E-state index < -0.39 is 0 Å². The molecule has 0 aromatic heterocycles. The largest absolute Gasteiger partial charge is 0.490 e. The molecule has 0 radical (unpaired) electrons. The number of hydrogen-bond acceptors (Lipinski definition) is 4. The van der Waals surface area contributed by atoms with Gasteiger partial charge in [0.2, 0.25) is 0 Å². The Hall–Kier alpha value is -1.98. The van der Waals surface area contributed by atoms with Crippen LogP contribution in [0.4, 0.5) is 0 Å². The van der Waals surface area contributed by atoms with E-state index in [2.05, 4.69) is 28.5 Å². The Morgan fingerprint density at radius 2 is 1.86 bits per heavy atom.